The third-order valence-corrected chi connectivity index (χ3v) is 5.29. The van der Waals surface area contributed by atoms with Gasteiger partial charge in [-0.2, -0.15) is 0 Å². The van der Waals surface area contributed by atoms with Crippen LogP contribution >= 0.6 is 11.3 Å². The van der Waals surface area contributed by atoms with Crippen molar-refractivity contribution < 1.29 is 0 Å². The Hall–Kier alpha value is -0.450. The normalized spacial score (nSPS) is 20.2. The van der Waals surface area contributed by atoms with Crippen molar-refractivity contribution in [3.05, 3.63) is 16.6 Å². The summed E-state index contributed by atoms with van der Waals surface area (Å²) in [6.45, 7) is 7.24. The molecule has 1 unspecified atom stereocenters. The van der Waals surface area contributed by atoms with Crippen LogP contribution in [0.5, 0.6) is 0 Å². The van der Waals surface area contributed by atoms with Gasteiger partial charge in [0.25, 0.3) is 0 Å². The van der Waals surface area contributed by atoms with Crippen LogP contribution in [0.15, 0.2) is 11.6 Å². The molecule has 0 saturated carbocycles. The molecule has 0 amide bonds. The van der Waals surface area contributed by atoms with Gasteiger partial charge in [0.1, 0.15) is 0 Å². The predicted octanol–water partition coefficient (Wildman–Crippen LogP) is 2.93. The van der Waals surface area contributed by atoms with E-state index in [1.165, 1.54) is 43.8 Å². The van der Waals surface area contributed by atoms with Crippen molar-refractivity contribution in [1.82, 2.24) is 15.2 Å². The molecule has 0 radical (unpaired) electrons. The summed E-state index contributed by atoms with van der Waals surface area (Å²) in [7, 11) is 2.08. The van der Waals surface area contributed by atoms with Crippen LogP contribution < -0.4 is 5.32 Å². The van der Waals surface area contributed by atoms with Crippen LogP contribution in [0, 0.1) is 0 Å². The first-order valence-corrected chi connectivity index (χ1v) is 8.33. The standard InChI is InChI=1S/C15H27N3S/c1-15(2,18-9-6-4-5-7-10-18)13(16-3)12-14-17-8-11-19-14/h8,11,13,16H,4-7,9-10,12H2,1-3H3. The summed E-state index contributed by atoms with van der Waals surface area (Å²) in [4.78, 5) is 7.12. The minimum Gasteiger partial charge on any atom is -0.315 e. The number of rotatable bonds is 5. The van der Waals surface area contributed by atoms with Crippen molar-refractivity contribution in [3.63, 3.8) is 0 Å². The van der Waals surface area contributed by atoms with Crippen LogP contribution in [0.3, 0.4) is 0 Å². The highest BCUT2D eigenvalue weighted by molar-refractivity contribution is 7.09. The van der Waals surface area contributed by atoms with Gasteiger partial charge in [-0.05, 0) is 46.8 Å². The highest BCUT2D eigenvalue weighted by Crippen LogP contribution is 2.25. The van der Waals surface area contributed by atoms with Crippen LogP contribution in [0.25, 0.3) is 0 Å². The van der Waals surface area contributed by atoms with Crippen molar-refractivity contribution in [3.8, 4) is 0 Å². The lowest BCUT2D eigenvalue weighted by molar-refractivity contribution is 0.0864. The van der Waals surface area contributed by atoms with E-state index < -0.39 is 0 Å². The lowest BCUT2D eigenvalue weighted by Crippen LogP contribution is -2.58. The summed E-state index contributed by atoms with van der Waals surface area (Å²) in [5.74, 6) is 0. The molecule has 1 atom stereocenters. The fourth-order valence-corrected chi connectivity index (χ4v) is 3.76. The molecule has 4 heteroatoms. The first kappa shape index (κ1) is 14.9. The molecule has 1 aliphatic rings. The molecule has 1 saturated heterocycles. The van der Waals surface area contributed by atoms with Crippen molar-refractivity contribution in [2.45, 2.75) is 57.5 Å². The molecule has 0 aliphatic carbocycles. The molecule has 19 heavy (non-hydrogen) atoms. The first-order valence-electron chi connectivity index (χ1n) is 7.45. The Morgan fingerprint density at radius 1 is 1.32 bits per heavy atom. The van der Waals surface area contributed by atoms with Gasteiger partial charge in [-0.1, -0.05) is 12.8 Å². The number of likely N-dealkylation sites (N-methyl/N-ethyl adjacent to an activating group) is 1. The number of hydrogen-bond acceptors (Lipinski definition) is 4. The number of hydrogen-bond donors (Lipinski definition) is 1. The summed E-state index contributed by atoms with van der Waals surface area (Å²) < 4.78 is 0. The van der Waals surface area contributed by atoms with E-state index >= 15 is 0 Å². The van der Waals surface area contributed by atoms with E-state index in [4.69, 9.17) is 0 Å². The van der Waals surface area contributed by atoms with E-state index in [0.717, 1.165) is 6.42 Å². The molecule has 2 heterocycles. The third kappa shape index (κ3) is 3.77. The maximum atomic E-state index is 4.44. The third-order valence-electron chi connectivity index (χ3n) is 4.48. The van der Waals surface area contributed by atoms with Gasteiger partial charge in [-0.3, -0.25) is 4.90 Å². The van der Waals surface area contributed by atoms with E-state index in [1.807, 2.05) is 6.20 Å². The summed E-state index contributed by atoms with van der Waals surface area (Å²) in [6.07, 6.45) is 8.41. The monoisotopic (exact) mass is 281 g/mol. The molecule has 108 valence electrons. The lowest BCUT2D eigenvalue weighted by atomic mass is 9.89. The molecular weight excluding hydrogens is 254 g/mol. The van der Waals surface area contributed by atoms with E-state index in [-0.39, 0.29) is 5.54 Å². The minimum atomic E-state index is 0.185. The molecule has 3 nitrogen and oxygen atoms in total. The number of nitrogens with zero attached hydrogens (tertiary/aromatic N) is 2. The zero-order valence-corrected chi connectivity index (χ0v) is 13.3. The summed E-state index contributed by atoms with van der Waals surface area (Å²) in [6, 6.07) is 0.455. The van der Waals surface area contributed by atoms with E-state index in [0.29, 0.717) is 6.04 Å². The highest BCUT2D eigenvalue weighted by atomic mass is 32.1. The Labute approximate surface area is 121 Å². The van der Waals surface area contributed by atoms with Crippen molar-refractivity contribution >= 4 is 11.3 Å². The van der Waals surface area contributed by atoms with Crippen molar-refractivity contribution in [1.29, 1.82) is 0 Å². The second kappa shape index (κ2) is 6.82. The molecular formula is C15H27N3S. The smallest absolute Gasteiger partial charge is 0.0941 e. The highest BCUT2D eigenvalue weighted by Gasteiger charge is 2.35. The van der Waals surface area contributed by atoms with Gasteiger partial charge >= 0.3 is 0 Å². The summed E-state index contributed by atoms with van der Waals surface area (Å²) >= 11 is 1.76. The van der Waals surface area contributed by atoms with Gasteiger partial charge in [0.15, 0.2) is 0 Å². The van der Waals surface area contributed by atoms with E-state index in [9.17, 15) is 0 Å². The van der Waals surface area contributed by atoms with Crippen molar-refractivity contribution in [2.75, 3.05) is 20.1 Å². The molecule has 1 N–H and O–H groups in total. The second-order valence-electron chi connectivity index (χ2n) is 6.03. The summed E-state index contributed by atoms with van der Waals surface area (Å²) in [5.41, 5.74) is 0.185. The van der Waals surface area contributed by atoms with Gasteiger partial charge in [0, 0.05) is 29.6 Å². The van der Waals surface area contributed by atoms with E-state index in [1.54, 1.807) is 11.3 Å². The fraction of sp³-hybridized carbons (Fsp3) is 0.800. The average Bonchev–Trinajstić information content (AvgIpc) is 2.74. The quantitative estimate of drug-likeness (QED) is 0.899. The predicted molar refractivity (Wildman–Crippen MR) is 82.8 cm³/mol. The van der Waals surface area contributed by atoms with Crippen LogP contribution in [0.4, 0.5) is 0 Å². The Morgan fingerprint density at radius 3 is 2.53 bits per heavy atom. The van der Waals surface area contributed by atoms with Crippen LogP contribution in [-0.2, 0) is 6.42 Å². The minimum absolute atomic E-state index is 0.185. The van der Waals surface area contributed by atoms with Crippen LogP contribution in [0.1, 0.15) is 44.5 Å². The van der Waals surface area contributed by atoms with Gasteiger partial charge in [0.05, 0.1) is 5.01 Å². The molecule has 0 spiro atoms. The van der Waals surface area contributed by atoms with Crippen molar-refractivity contribution in [2.24, 2.45) is 0 Å². The van der Waals surface area contributed by atoms with Gasteiger partial charge in [-0.25, -0.2) is 4.98 Å². The molecule has 2 rings (SSSR count). The average molecular weight is 281 g/mol. The van der Waals surface area contributed by atoms with Crippen LogP contribution in [0.2, 0.25) is 0 Å². The van der Waals surface area contributed by atoms with Gasteiger partial charge in [0.2, 0.25) is 0 Å². The largest absolute Gasteiger partial charge is 0.315 e. The Morgan fingerprint density at radius 2 is 2.00 bits per heavy atom. The Bertz CT molecular complexity index is 353. The fourth-order valence-electron chi connectivity index (χ4n) is 3.10. The lowest BCUT2D eigenvalue weighted by Gasteiger charge is -2.43. The second-order valence-corrected chi connectivity index (χ2v) is 7.01. The number of thiazole rings is 1. The van der Waals surface area contributed by atoms with Gasteiger partial charge < -0.3 is 5.32 Å². The van der Waals surface area contributed by atoms with Gasteiger partial charge in [-0.15, -0.1) is 11.3 Å². The SMILES string of the molecule is CNC(Cc1nccs1)C(C)(C)N1CCCCCC1. The number of likely N-dealkylation sites (tertiary alicyclic amines) is 1. The summed E-state index contributed by atoms with van der Waals surface area (Å²) in [5, 5.41) is 6.83. The molecule has 1 aromatic rings. The Balaban J connectivity index is 2.05. The zero-order chi connectivity index (χ0) is 13.7. The molecule has 1 aromatic heterocycles. The Kier molecular flexibility index (Phi) is 5.37. The maximum Gasteiger partial charge on any atom is 0.0941 e. The number of aromatic nitrogens is 1. The molecule has 1 fully saturated rings. The number of nitrogens with one attached hydrogen (secondary N) is 1. The first-order chi connectivity index (χ1) is 9.14. The molecule has 0 bridgehead atoms. The van der Waals surface area contributed by atoms with Crippen LogP contribution in [-0.4, -0.2) is 41.6 Å². The molecule has 1 aliphatic heterocycles. The zero-order valence-electron chi connectivity index (χ0n) is 12.5. The molecule has 0 aromatic carbocycles. The topological polar surface area (TPSA) is 28.2 Å². The maximum absolute atomic E-state index is 4.44. The van der Waals surface area contributed by atoms with E-state index in [2.05, 4.69) is 41.5 Å².